The molecule has 0 unspecified atom stereocenters. The van der Waals surface area contributed by atoms with Crippen LogP contribution in [0.25, 0.3) is 23.0 Å². The lowest BCUT2D eigenvalue weighted by Crippen LogP contribution is -2.10. The maximum Gasteiger partial charge on any atom is 0.435 e. The highest BCUT2D eigenvalue weighted by atomic mass is 19.4. The Kier molecular flexibility index (Phi) is 7.11. The number of hydrogen-bond donors (Lipinski definition) is 2. The predicted octanol–water partition coefficient (Wildman–Crippen LogP) is 5.38. The first-order valence-electron chi connectivity index (χ1n) is 11.0. The number of halogens is 3. The number of aliphatic carboxylic acids is 1. The molecule has 0 amide bonds. The Morgan fingerprint density at radius 2 is 2.00 bits per heavy atom. The van der Waals surface area contributed by atoms with E-state index >= 15 is 0 Å². The normalized spacial score (nSPS) is 11.4. The first-order valence-corrected chi connectivity index (χ1v) is 11.0. The van der Waals surface area contributed by atoms with Gasteiger partial charge in [-0.2, -0.15) is 28.5 Å². The minimum absolute atomic E-state index is 0.0336. The third kappa shape index (κ3) is 5.79. The van der Waals surface area contributed by atoms with Crippen LogP contribution in [0.15, 0.2) is 60.8 Å². The fourth-order valence-corrected chi connectivity index (χ4v) is 3.59. The second-order valence-electron chi connectivity index (χ2n) is 8.00. The molecule has 38 heavy (non-hydrogen) atoms. The van der Waals surface area contributed by atoms with E-state index in [0.717, 1.165) is 16.8 Å². The van der Waals surface area contributed by atoms with Gasteiger partial charge >= 0.3 is 12.1 Å². The van der Waals surface area contributed by atoms with Crippen LogP contribution >= 0.6 is 0 Å². The van der Waals surface area contributed by atoms with Gasteiger partial charge in [0.15, 0.2) is 11.5 Å². The van der Waals surface area contributed by atoms with E-state index in [2.05, 4.69) is 20.4 Å². The van der Waals surface area contributed by atoms with Crippen LogP contribution < -0.4 is 10.1 Å². The number of nitriles is 1. The summed E-state index contributed by atoms with van der Waals surface area (Å²) in [5.74, 6) is -0.629. The van der Waals surface area contributed by atoms with Crippen molar-refractivity contribution in [2.75, 3.05) is 12.4 Å². The molecular weight excluding hydrogens is 501 g/mol. The number of anilines is 2. The highest BCUT2D eigenvalue weighted by Gasteiger charge is 2.35. The third-order valence-corrected chi connectivity index (χ3v) is 5.29. The lowest BCUT2D eigenvalue weighted by molar-refractivity contribution is -0.141. The van der Waals surface area contributed by atoms with Gasteiger partial charge in [0, 0.05) is 35.3 Å². The van der Waals surface area contributed by atoms with E-state index in [0.29, 0.717) is 33.7 Å². The lowest BCUT2D eigenvalue weighted by atomic mass is 10.0. The van der Waals surface area contributed by atoms with E-state index in [9.17, 15) is 23.2 Å². The van der Waals surface area contributed by atoms with Crippen molar-refractivity contribution in [3.05, 3.63) is 83.3 Å². The van der Waals surface area contributed by atoms with E-state index in [4.69, 9.17) is 9.84 Å². The second-order valence-corrected chi connectivity index (χ2v) is 8.00. The van der Waals surface area contributed by atoms with Crippen molar-refractivity contribution in [2.45, 2.75) is 13.1 Å². The van der Waals surface area contributed by atoms with Gasteiger partial charge in [-0.3, -0.25) is 0 Å². The van der Waals surface area contributed by atoms with E-state index in [1.54, 1.807) is 36.4 Å². The van der Waals surface area contributed by atoms with E-state index < -0.39 is 17.8 Å². The molecule has 12 heteroatoms. The van der Waals surface area contributed by atoms with Crippen molar-refractivity contribution >= 4 is 23.7 Å². The number of nitrogens with zero attached hydrogens (tertiary/aromatic N) is 5. The summed E-state index contributed by atoms with van der Waals surface area (Å²) >= 11 is 0. The molecule has 0 saturated heterocycles. The van der Waals surface area contributed by atoms with Crippen LogP contribution in [0, 0.1) is 18.3 Å². The first-order chi connectivity index (χ1) is 18.1. The molecule has 0 atom stereocenters. The smallest absolute Gasteiger partial charge is 0.435 e. The molecule has 2 aromatic carbocycles. The Hall–Kier alpha value is -5.18. The number of carbonyl (C=O) groups is 1. The summed E-state index contributed by atoms with van der Waals surface area (Å²) in [7, 11) is 1.45. The van der Waals surface area contributed by atoms with Gasteiger partial charge in [-0.05, 0) is 48.4 Å². The highest BCUT2D eigenvalue weighted by Crippen LogP contribution is 2.32. The van der Waals surface area contributed by atoms with Gasteiger partial charge in [-0.15, -0.1) is 0 Å². The summed E-state index contributed by atoms with van der Waals surface area (Å²) in [6.07, 6.45) is -0.885. The Morgan fingerprint density at radius 1 is 1.21 bits per heavy atom. The zero-order chi connectivity index (χ0) is 27.4. The van der Waals surface area contributed by atoms with Gasteiger partial charge in [-0.1, -0.05) is 18.2 Å². The molecule has 2 N–H and O–H groups in total. The van der Waals surface area contributed by atoms with Gasteiger partial charge in [0.25, 0.3) is 0 Å². The molecule has 0 aliphatic rings. The Balaban J connectivity index is 1.85. The van der Waals surface area contributed by atoms with Gasteiger partial charge < -0.3 is 15.2 Å². The molecule has 0 bridgehead atoms. The lowest BCUT2D eigenvalue weighted by Gasteiger charge is -2.14. The summed E-state index contributed by atoms with van der Waals surface area (Å²) in [5, 5.41) is 24.9. The van der Waals surface area contributed by atoms with E-state index in [1.807, 2.05) is 6.07 Å². The van der Waals surface area contributed by atoms with Crippen molar-refractivity contribution in [2.24, 2.45) is 0 Å². The minimum atomic E-state index is -4.67. The molecule has 0 aliphatic carbocycles. The van der Waals surface area contributed by atoms with Crippen LogP contribution in [-0.2, 0) is 11.0 Å². The Bertz CT molecular complexity index is 1590. The molecule has 2 aromatic heterocycles. The zero-order valence-corrected chi connectivity index (χ0v) is 20.0. The topological polar surface area (TPSA) is 126 Å². The molecule has 0 fully saturated rings. The number of alkyl halides is 3. The molecule has 2 heterocycles. The van der Waals surface area contributed by atoms with Gasteiger partial charge in [0.2, 0.25) is 5.95 Å². The predicted molar refractivity (Wildman–Crippen MR) is 132 cm³/mol. The minimum Gasteiger partial charge on any atom is -0.497 e. The van der Waals surface area contributed by atoms with Crippen LogP contribution in [0.4, 0.5) is 24.8 Å². The molecule has 0 aliphatic heterocycles. The molecular formula is C26H19F3N6O3. The molecule has 192 valence electrons. The largest absolute Gasteiger partial charge is 0.497 e. The number of carboxylic acids is 1. The number of aryl methyl sites for hydroxylation is 1. The summed E-state index contributed by atoms with van der Waals surface area (Å²) in [6, 6.07) is 14.3. The standard InChI is InChI=1S/C26H19F3N6O3/c1-15-8-22(26(27,28)29)34-35(15)24-21(18-5-3-4-16(9-18)6-7-23(36)37)14-31-25(33-24)32-19-10-17(13-30)11-20(12-19)38-2/h3-12,14H,1-2H3,(H,36,37)(H,31,32,33)/b7-6+. The number of ether oxygens (including phenoxy) is 1. The van der Waals surface area contributed by atoms with Crippen LogP contribution in [0.2, 0.25) is 0 Å². The number of benzene rings is 2. The summed E-state index contributed by atoms with van der Waals surface area (Å²) in [6.45, 7) is 1.47. The van der Waals surface area contributed by atoms with Gasteiger partial charge in [-0.25, -0.2) is 14.5 Å². The number of hydrogen-bond acceptors (Lipinski definition) is 7. The fourth-order valence-electron chi connectivity index (χ4n) is 3.59. The molecule has 0 radical (unpaired) electrons. The average molecular weight is 520 g/mol. The summed E-state index contributed by atoms with van der Waals surface area (Å²) < 4.78 is 46.5. The van der Waals surface area contributed by atoms with Crippen LogP contribution in [0.5, 0.6) is 5.75 Å². The Labute approximate surface area is 214 Å². The second kappa shape index (κ2) is 10.4. The van der Waals surface area contributed by atoms with E-state index in [1.165, 1.54) is 32.4 Å². The molecule has 4 aromatic rings. The van der Waals surface area contributed by atoms with Crippen LogP contribution in [0.3, 0.4) is 0 Å². The molecule has 4 rings (SSSR count). The number of methoxy groups -OCH3 is 1. The van der Waals surface area contributed by atoms with Gasteiger partial charge in [0.1, 0.15) is 5.75 Å². The van der Waals surface area contributed by atoms with Crippen molar-refractivity contribution < 1.29 is 27.8 Å². The molecule has 0 saturated carbocycles. The van der Waals surface area contributed by atoms with Crippen molar-refractivity contribution in [1.82, 2.24) is 19.7 Å². The van der Waals surface area contributed by atoms with Gasteiger partial charge in [0.05, 0.1) is 18.7 Å². The number of rotatable bonds is 7. The quantitative estimate of drug-likeness (QED) is 0.311. The summed E-state index contributed by atoms with van der Waals surface area (Å²) in [5.41, 5.74) is 1.25. The van der Waals surface area contributed by atoms with Crippen molar-refractivity contribution in [1.29, 1.82) is 5.26 Å². The highest BCUT2D eigenvalue weighted by molar-refractivity contribution is 5.86. The Morgan fingerprint density at radius 3 is 2.66 bits per heavy atom. The number of aromatic nitrogens is 4. The summed E-state index contributed by atoms with van der Waals surface area (Å²) in [4.78, 5) is 19.7. The fraction of sp³-hybridized carbons (Fsp3) is 0.115. The SMILES string of the molecule is COc1cc(C#N)cc(Nc2ncc(-c3cccc(/C=C/C(=O)O)c3)c(-n3nc(C(F)(F)F)cc3C)n2)c1. The molecule has 0 spiro atoms. The maximum atomic E-state index is 13.4. The average Bonchev–Trinajstić information content (AvgIpc) is 3.29. The number of carboxylic acid groups (broad SMARTS) is 1. The third-order valence-electron chi connectivity index (χ3n) is 5.29. The van der Waals surface area contributed by atoms with Crippen LogP contribution in [0.1, 0.15) is 22.5 Å². The first kappa shape index (κ1) is 25.9. The number of nitrogens with one attached hydrogen (secondary N) is 1. The van der Waals surface area contributed by atoms with Crippen LogP contribution in [-0.4, -0.2) is 37.9 Å². The van der Waals surface area contributed by atoms with Crippen molar-refractivity contribution in [3.63, 3.8) is 0 Å². The van der Waals surface area contributed by atoms with Crippen molar-refractivity contribution in [3.8, 4) is 28.8 Å². The molecule has 9 nitrogen and oxygen atoms in total. The zero-order valence-electron chi connectivity index (χ0n) is 20.0. The maximum absolute atomic E-state index is 13.4. The monoisotopic (exact) mass is 520 g/mol. The van der Waals surface area contributed by atoms with E-state index in [-0.39, 0.29) is 17.5 Å².